The first-order valence-corrected chi connectivity index (χ1v) is 12.4. The van der Waals surface area contributed by atoms with Crippen molar-refractivity contribution >= 4 is 39.3 Å². The molecule has 1 unspecified atom stereocenters. The number of nitrogens with zero attached hydrogens (tertiary/aromatic N) is 2. The maximum Gasteiger partial charge on any atom is 0.269 e. The molecule has 2 aromatic carbocycles. The van der Waals surface area contributed by atoms with Crippen LogP contribution in [0.3, 0.4) is 0 Å². The highest BCUT2D eigenvalue weighted by molar-refractivity contribution is 7.90. The molecular formula is C23H26ClN3O5S. The molecule has 176 valence electrons. The van der Waals surface area contributed by atoms with Crippen LogP contribution in [0.1, 0.15) is 42.1 Å². The van der Waals surface area contributed by atoms with E-state index in [9.17, 15) is 22.8 Å². The van der Waals surface area contributed by atoms with Gasteiger partial charge >= 0.3 is 0 Å². The van der Waals surface area contributed by atoms with Gasteiger partial charge in [0.05, 0.1) is 5.56 Å². The fraction of sp³-hybridized carbons (Fsp3) is 0.348. The Morgan fingerprint density at radius 1 is 1.12 bits per heavy atom. The molecule has 10 heteroatoms. The van der Waals surface area contributed by atoms with Gasteiger partial charge in [-0.05, 0) is 36.6 Å². The monoisotopic (exact) mass is 491 g/mol. The van der Waals surface area contributed by atoms with Crippen LogP contribution in [0, 0.1) is 0 Å². The average Bonchev–Trinajstić information content (AvgIpc) is 3.00. The molecule has 0 saturated carbocycles. The van der Waals surface area contributed by atoms with E-state index in [2.05, 4.69) is 5.32 Å². The summed E-state index contributed by atoms with van der Waals surface area (Å²) in [7, 11) is -2.42. The van der Waals surface area contributed by atoms with E-state index in [0.717, 1.165) is 4.31 Å². The molecule has 0 radical (unpaired) electrons. The molecule has 3 amide bonds. The topological polar surface area (TPSA) is 104 Å². The summed E-state index contributed by atoms with van der Waals surface area (Å²) in [5.41, 5.74) is 0.831. The van der Waals surface area contributed by atoms with Crippen molar-refractivity contribution in [2.24, 2.45) is 0 Å². The summed E-state index contributed by atoms with van der Waals surface area (Å²) < 4.78 is 26.2. The number of amides is 3. The molecule has 1 heterocycles. The van der Waals surface area contributed by atoms with E-state index in [0.29, 0.717) is 17.0 Å². The largest absolute Gasteiger partial charge is 0.357 e. The Bertz CT molecular complexity index is 1170. The third-order valence-corrected chi connectivity index (χ3v) is 7.80. The Morgan fingerprint density at radius 3 is 2.42 bits per heavy atom. The second-order valence-electron chi connectivity index (χ2n) is 7.63. The van der Waals surface area contributed by atoms with Crippen LogP contribution in [0.25, 0.3) is 0 Å². The number of rotatable bonds is 9. The molecule has 1 N–H and O–H groups in total. The molecule has 0 saturated heterocycles. The second-order valence-corrected chi connectivity index (χ2v) is 9.87. The Morgan fingerprint density at radius 2 is 1.79 bits per heavy atom. The summed E-state index contributed by atoms with van der Waals surface area (Å²) in [6.07, 6.45) is 0.485. The van der Waals surface area contributed by atoms with Crippen LogP contribution in [-0.4, -0.2) is 55.0 Å². The predicted octanol–water partition coefficient (Wildman–Crippen LogP) is 2.82. The molecule has 1 aliphatic rings. The second kappa shape index (κ2) is 10.4. The minimum atomic E-state index is -3.93. The van der Waals surface area contributed by atoms with Crippen LogP contribution in [0.4, 0.5) is 0 Å². The summed E-state index contributed by atoms with van der Waals surface area (Å²) in [6, 6.07) is 12.4. The smallest absolute Gasteiger partial charge is 0.269 e. The first kappa shape index (κ1) is 24.7. The molecule has 8 nitrogen and oxygen atoms in total. The quantitative estimate of drug-likeness (QED) is 0.581. The fourth-order valence-electron chi connectivity index (χ4n) is 3.87. The standard InChI is InChI=1S/C23H26ClN3O5S/c1-3-19(22(29)25-2)26(15-16-9-4-6-11-18(16)24)21(28)13-8-14-27-23(30)17-10-5-7-12-20(17)33(27,31)32/h4-7,9-12,19H,3,8,13-15H2,1-2H3,(H,25,29). The summed E-state index contributed by atoms with van der Waals surface area (Å²) in [5.74, 6) is -1.22. The number of nitrogens with one attached hydrogen (secondary N) is 1. The third kappa shape index (κ3) is 5.04. The molecule has 0 fully saturated rings. The lowest BCUT2D eigenvalue weighted by Gasteiger charge is -2.30. The van der Waals surface area contributed by atoms with Gasteiger partial charge in [-0.1, -0.05) is 48.9 Å². The molecule has 0 aromatic heterocycles. The Kier molecular flexibility index (Phi) is 7.76. The first-order chi connectivity index (χ1) is 15.7. The predicted molar refractivity (Wildman–Crippen MR) is 124 cm³/mol. The third-order valence-electron chi connectivity index (χ3n) is 5.59. The lowest BCUT2D eigenvalue weighted by molar-refractivity contribution is -0.141. The minimum Gasteiger partial charge on any atom is -0.357 e. The van der Waals surface area contributed by atoms with Crippen molar-refractivity contribution in [1.29, 1.82) is 0 Å². The van der Waals surface area contributed by atoms with Crippen molar-refractivity contribution in [3.8, 4) is 0 Å². The number of carbonyl (C=O) groups excluding carboxylic acids is 3. The van der Waals surface area contributed by atoms with Crippen molar-refractivity contribution in [2.75, 3.05) is 13.6 Å². The Labute approximate surface area is 198 Å². The minimum absolute atomic E-state index is 0.0210. The maximum absolute atomic E-state index is 13.2. The fourth-order valence-corrected chi connectivity index (χ4v) is 5.67. The zero-order valence-corrected chi connectivity index (χ0v) is 20.0. The number of halogens is 1. The molecule has 0 spiro atoms. The summed E-state index contributed by atoms with van der Waals surface area (Å²) in [6.45, 7) is 1.81. The zero-order chi connectivity index (χ0) is 24.2. The van der Waals surface area contributed by atoms with Gasteiger partial charge in [-0.15, -0.1) is 0 Å². The average molecular weight is 492 g/mol. The number of hydrogen-bond donors (Lipinski definition) is 1. The van der Waals surface area contributed by atoms with Gasteiger partial charge < -0.3 is 10.2 Å². The van der Waals surface area contributed by atoms with Crippen LogP contribution in [0.15, 0.2) is 53.4 Å². The van der Waals surface area contributed by atoms with Crippen molar-refractivity contribution in [3.05, 3.63) is 64.7 Å². The van der Waals surface area contributed by atoms with Gasteiger partial charge in [-0.2, -0.15) is 0 Å². The number of sulfonamides is 1. The van der Waals surface area contributed by atoms with Crippen molar-refractivity contribution < 1.29 is 22.8 Å². The number of carbonyl (C=O) groups is 3. The van der Waals surface area contributed by atoms with E-state index in [1.807, 2.05) is 0 Å². The lowest BCUT2D eigenvalue weighted by Crippen LogP contribution is -2.48. The van der Waals surface area contributed by atoms with Gasteiger partial charge in [-0.3, -0.25) is 14.4 Å². The van der Waals surface area contributed by atoms with Gasteiger partial charge in [0.1, 0.15) is 10.9 Å². The van der Waals surface area contributed by atoms with Crippen molar-refractivity contribution in [2.45, 2.75) is 43.7 Å². The highest BCUT2D eigenvalue weighted by atomic mass is 35.5. The summed E-state index contributed by atoms with van der Waals surface area (Å²) in [5, 5.41) is 3.06. The molecule has 0 bridgehead atoms. The molecule has 1 atom stereocenters. The van der Waals surface area contributed by atoms with Crippen LogP contribution in [0.2, 0.25) is 5.02 Å². The summed E-state index contributed by atoms with van der Waals surface area (Å²) in [4.78, 5) is 39.6. The van der Waals surface area contributed by atoms with E-state index in [4.69, 9.17) is 11.6 Å². The highest BCUT2D eigenvalue weighted by Crippen LogP contribution is 2.30. The van der Waals surface area contributed by atoms with E-state index < -0.39 is 22.0 Å². The molecule has 2 aromatic rings. The highest BCUT2D eigenvalue weighted by Gasteiger charge is 2.40. The van der Waals surface area contributed by atoms with Gasteiger partial charge in [0.2, 0.25) is 11.8 Å². The SMILES string of the molecule is CCC(C(=O)NC)N(Cc1ccccc1Cl)C(=O)CCCN1C(=O)c2ccccc2S1(=O)=O. The molecule has 1 aliphatic heterocycles. The van der Waals surface area contributed by atoms with E-state index in [1.165, 1.54) is 24.1 Å². The molecule has 0 aliphatic carbocycles. The van der Waals surface area contributed by atoms with Crippen LogP contribution in [0.5, 0.6) is 0 Å². The first-order valence-electron chi connectivity index (χ1n) is 10.6. The molecule has 3 rings (SSSR count). The Hall–Kier alpha value is -2.91. The normalized spacial score (nSPS) is 15.1. The Balaban J connectivity index is 1.74. The number of hydrogen-bond acceptors (Lipinski definition) is 5. The summed E-state index contributed by atoms with van der Waals surface area (Å²) >= 11 is 6.27. The maximum atomic E-state index is 13.2. The van der Waals surface area contributed by atoms with Gasteiger partial charge in [-0.25, -0.2) is 12.7 Å². The lowest BCUT2D eigenvalue weighted by atomic mass is 10.1. The van der Waals surface area contributed by atoms with Gasteiger partial charge in [0, 0.05) is 31.6 Å². The van der Waals surface area contributed by atoms with Gasteiger partial charge in [0.15, 0.2) is 0 Å². The van der Waals surface area contributed by atoms with E-state index in [-0.39, 0.29) is 48.2 Å². The van der Waals surface area contributed by atoms with Crippen LogP contribution in [-0.2, 0) is 26.2 Å². The van der Waals surface area contributed by atoms with Crippen LogP contribution >= 0.6 is 11.6 Å². The zero-order valence-electron chi connectivity index (χ0n) is 18.5. The van der Waals surface area contributed by atoms with Gasteiger partial charge in [0.25, 0.3) is 15.9 Å². The number of benzene rings is 2. The molecular weight excluding hydrogens is 466 g/mol. The molecule has 33 heavy (non-hydrogen) atoms. The number of fused-ring (bicyclic) bond motifs is 1. The number of likely N-dealkylation sites (N-methyl/N-ethyl adjacent to an activating group) is 1. The van der Waals surface area contributed by atoms with Crippen LogP contribution < -0.4 is 5.32 Å². The van der Waals surface area contributed by atoms with Crippen molar-refractivity contribution in [3.63, 3.8) is 0 Å². The van der Waals surface area contributed by atoms with E-state index in [1.54, 1.807) is 43.3 Å². The van der Waals surface area contributed by atoms with Crippen molar-refractivity contribution in [1.82, 2.24) is 14.5 Å². The van der Waals surface area contributed by atoms with E-state index >= 15 is 0 Å².